The van der Waals surface area contributed by atoms with Crippen molar-refractivity contribution in [3.63, 3.8) is 0 Å². The van der Waals surface area contributed by atoms with Crippen LogP contribution in [0.3, 0.4) is 0 Å². The molecule has 0 aromatic carbocycles. The van der Waals surface area contributed by atoms with Gasteiger partial charge in [0.15, 0.2) is 11.5 Å². The normalized spacial score (nSPS) is 21.3. The first-order valence-corrected chi connectivity index (χ1v) is 4.48. The van der Waals surface area contributed by atoms with Crippen molar-refractivity contribution in [3.8, 4) is 0 Å². The number of hydrogen-bond donors (Lipinski definition) is 1. The molecule has 13 heavy (non-hydrogen) atoms. The van der Waals surface area contributed by atoms with E-state index < -0.39 is 5.67 Å². The highest BCUT2D eigenvalue weighted by molar-refractivity contribution is 5.04. The lowest BCUT2D eigenvalue weighted by Crippen LogP contribution is -2.37. The third-order valence-electron chi connectivity index (χ3n) is 2.36. The minimum atomic E-state index is -1.31. The number of hydrogen-bond acceptors (Lipinski definition) is 3. The maximum atomic E-state index is 14.1. The molecular weight excluding hydrogens is 169 g/mol. The van der Waals surface area contributed by atoms with Crippen molar-refractivity contribution < 1.29 is 4.39 Å². The Morgan fingerprint density at radius 1 is 1.23 bits per heavy atom. The summed E-state index contributed by atoms with van der Waals surface area (Å²) in [5.41, 5.74) is -1.31. The van der Waals surface area contributed by atoms with Gasteiger partial charge in [-0.2, -0.15) is 0 Å². The van der Waals surface area contributed by atoms with Gasteiger partial charge in [0, 0.05) is 25.2 Å². The molecule has 1 aromatic heterocycles. The largest absolute Gasteiger partial charge is 0.316 e. The molecule has 70 valence electrons. The summed E-state index contributed by atoms with van der Waals surface area (Å²) >= 11 is 0. The quantitative estimate of drug-likeness (QED) is 0.703. The first kappa shape index (κ1) is 8.56. The summed E-state index contributed by atoms with van der Waals surface area (Å²) in [5.74, 6) is 0.330. The van der Waals surface area contributed by atoms with Crippen LogP contribution in [0.15, 0.2) is 18.5 Å². The van der Waals surface area contributed by atoms with Gasteiger partial charge in [0.05, 0.1) is 0 Å². The number of nitrogens with zero attached hydrogens (tertiary/aromatic N) is 2. The molecule has 1 aliphatic rings. The van der Waals surface area contributed by atoms with Crippen molar-refractivity contribution in [2.45, 2.75) is 18.5 Å². The lowest BCUT2D eigenvalue weighted by Gasteiger charge is -2.28. The molecular formula is C9H12FN3. The van der Waals surface area contributed by atoms with Gasteiger partial charge in [-0.1, -0.05) is 0 Å². The van der Waals surface area contributed by atoms with Crippen LogP contribution >= 0.6 is 0 Å². The van der Waals surface area contributed by atoms with Crippen LogP contribution in [0.4, 0.5) is 4.39 Å². The summed E-state index contributed by atoms with van der Waals surface area (Å²) in [6, 6.07) is 1.70. The molecule has 0 amide bonds. The van der Waals surface area contributed by atoms with Gasteiger partial charge >= 0.3 is 0 Å². The van der Waals surface area contributed by atoms with E-state index in [0.717, 1.165) is 0 Å². The molecule has 1 aromatic rings. The van der Waals surface area contributed by atoms with Gasteiger partial charge in [0.1, 0.15) is 0 Å². The second kappa shape index (κ2) is 3.38. The molecule has 4 heteroatoms. The lowest BCUT2D eigenvalue weighted by atomic mass is 9.93. The standard InChI is InChI=1S/C9H12FN3/c10-9(2-6-11-7-3-9)8-12-4-1-5-13-8/h1,4-5,11H,2-3,6-7H2. The zero-order valence-corrected chi connectivity index (χ0v) is 7.33. The monoisotopic (exact) mass is 181 g/mol. The van der Waals surface area contributed by atoms with Crippen LogP contribution in [-0.4, -0.2) is 23.1 Å². The van der Waals surface area contributed by atoms with Crippen molar-refractivity contribution in [2.24, 2.45) is 0 Å². The van der Waals surface area contributed by atoms with Crippen LogP contribution in [-0.2, 0) is 5.67 Å². The fraction of sp³-hybridized carbons (Fsp3) is 0.556. The van der Waals surface area contributed by atoms with Crippen molar-refractivity contribution in [1.29, 1.82) is 0 Å². The Balaban J connectivity index is 2.23. The molecule has 0 aliphatic carbocycles. The number of rotatable bonds is 1. The molecule has 1 N–H and O–H groups in total. The van der Waals surface area contributed by atoms with Crippen molar-refractivity contribution in [1.82, 2.24) is 15.3 Å². The Hall–Kier alpha value is -1.03. The molecule has 2 rings (SSSR count). The fourth-order valence-corrected chi connectivity index (χ4v) is 1.58. The fourth-order valence-electron chi connectivity index (χ4n) is 1.58. The molecule has 2 heterocycles. The zero-order valence-electron chi connectivity index (χ0n) is 7.33. The van der Waals surface area contributed by atoms with E-state index in [0.29, 0.717) is 31.8 Å². The number of piperidine rings is 1. The van der Waals surface area contributed by atoms with Gasteiger partial charge in [0.2, 0.25) is 0 Å². The summed E-state index contributed by atoms with van der Waals surface area (Å²) in [5, 5.41) is 3.11. The van der Waals surface area contributed by atoms with Crippen molar-refractivity contribution >= 4 is 0 Å². The third kappa shape index (κ3) is 1.67. The smallest absolute Gasteiger partial charge is 0.172 e. The van der Waals surface area contributed by atoms with E-state index in [1.54, 1.807) is 18.5 Å². The predicted molar refractivity (Wildman–Crippen MR) is 46.9 cm³/mol. The Kier molecular flexibility index (Phi) is 2.22. The Labute approximate surface area is 76.4 Å². The molecule has 0 radical (unpaired) electrons. The predicted octanol–water partition coefficient (Wildman–Crippen LogP) is 1.02. The molecule has 1 fully saturated rings. The van der Waals surface area contributed by atoms with Gasteiger partial charge in [-0.05, 0) is 19.2 Å². The van der Waals surface area contributed by atoms with Crippen LogP contribution in [0, 0.1) is 0 Å². The summed E-state index contributed by atoms with van der Waals surface area (Å²) in [6.45, 7) is 1.41. The van der Waals surface area contributed by atoms with Crippen LogP contribution in [0.1, 0.15) is 18.7 Å². The second-order valence-corrected chi connectivity index (χ2v) is 3.29. The molecule has 3 nitrogen and oxygen atoms in total. The van der Waals surface area contributed by atoms with Crippen LogP contribution in [0.25, 0.3) is 0 Å². The Morgan fingerprint density at radius 3 is 2.46 bits per heavy atom. The molecule has 0 unspecified atom stereocenters. The highest BCUT2D eigenvalue weighted by atomic mass is 19.1. The van der Waals surface area contributed by atoms with Crippen molar-refractivity contribution in [2.75, 3.05) is 13.1 Å². The Bertz CT molecular complexity index is 269. The molecule has 0 bridgehead atoms. The van der Waals surface area contributed by atoms with E-state index in [1.807, 2.05) is 0 Å². The van der Waals surface area contributed by atoms with Gasteiger partial charge in [-0.15, -0.1) is 0 Å². The highest BCUT2D eigenvalue weighted by Gasteiger charge is 2.36. The van der Waals surface area contributed by atoms with Gasteiger partial charge in [0.25, 0.3) is 0 Å². The molecule has 1 saturated heterocycles. The SMILES string of the molecule is FC1(c2ncccn2)CCNCC1. The maximum absolute atomic E-state index is 14.1. The molecule has 0 saturated carbocycles. The van der Waals surface area contributed by atoms with E-state index in [-0.39, 0.29) is 0 Å². The van der Waals surface area contributed by atoms with Gasteiger partial charge < -0.3 is 5.32 Å². The van der Waals surface area contributed by atoms with E-state index in [2.05, 4.69) is 15.3 Å². The number of aromatic nitrogens is 2. The van der Waals surface area contributed by atoms with Gasteiger partial charge in [-0.25, -0.2) is 14.4 Å². The minimum absolute atomic E-state index is 0.330. The van der Waals surface area contributed by atoms with Crippen LogP contribution in [0.5, 0.6) is 0 Å². The van der Waals surface area contributed by atoms with E-state index >= 15 is 0 Å². The first-order valence-electron chi connectivity index (χ1n) is 4.48. The number of halogens is 1. The number of alkyl halides is 1. The van der Waals surface area contributed by atoms with Gasteiger partial charge in [-0.3, -0.25) is 0 Å². The van der Waals surface area contributed by atoms with E-state index in [1.165, 1.54) is 0 Å². The molecule has 0 atom stereocenters. The summed E-state index contributed by atoms with van der Waals surface area (Å²) < 4.78 is 14.1. The second-order valence-electron chi connectivity index (χ2n) is 3.29. The summed E-state index contributed by atoms with van der Waals surface area (Å²) in [6.07, 6.45) is 4.12. The lowest BCUT2D eigenvalue weighted by molar-refractivity contribution is 0.104. The summed E-state index contributed by atoms with van der Waals surface area (Å²) in [7, 11) is 0. The zero-order chi connectivity index (χ0) is 9.15. The highest BCUT2D eigenvalue weighted by Crippen LogP contribution is 2.31. The molecule has 0 spiro atoms. The average molecular weight is 181 g/mol. The Morgan fingerprint density at radius 2 is 1.85 bits per heavy atom. The van der Waals surface area contributed by atoms with Crippen LogP contribution in [0.2, 0.25) is 0 Å². The van der Waals surface area contributed by atoms with E-state index in [4.69, 9.17) is 0 Å². The van der Waals surface area contributed by atoms with E-state index in [9.17, 15) is 4.39 Å². The van der Waals surface area contributed by atoms with Crippen molar-refractivity contribution in [3.05, 3.63) is 24.3 Å². The minimum Gasteiger partial charge on any atom is -0.316 e. The number of nitrogens with one attached hydrogen (secondary N) is 1. The average Bonchev–Trinajstić information content (AvgIpc) is 2.20. The molecule has 1 aliphatic heterocycles. The summed E-state index contributed by atoms with van der Waals surface area (Å²) in [4.78, 5) is 7.92. The first-order chi connectivity index (χ1) is 6.31. The maximum Gasteiger partial charge on any atom is 0.172 e. The van der Waals surface area contributed by atoms with Crippen LogP contribution < -0.4 is 5.32 Å². The third-order valence-corrected chi connectivity index (χ3v) is 2.36. The topological polar surface area (TPSA) is 37.8 Å².